The highest BCUT2D eigenvalue weighted by atomic mass is 16.5. The third-order valence-corrected chi connectivity index (χ3v) is 5.51. The molecule has 2 heterocycles. The molecule has 0 aliphatic carbocycles. The number of carbonyl (C=O) groups excluding carboxylic acids is 1. The summed E-state index contributed by atoms with van der Waals surface area (Å²) in [6.07, 6.45) is -0.291. The van der Waals surface area contributed by atoms with Crippen molar-refractivity contribution in [3.63, 3.8) is 0 Å². The van der Waals surface area contributed by atoms with Crippen molar-refractivity contribution in [1.29, 1.82) is 0 Å². The van der Waals surface area contributed by atoms with Gasteiger partial charge in [0, 0.05) is 58.8 Å². The van der Waals surface area contributed by atoms with Crippen molar-refractivity contribution in [3.8, 4) is 5.75 Å². The molecular formula is C20H31N3O3. The van der Waals surface area contributed by atoms with E-state index in [2.05, 4.69) is 33.9 Å². The molecule has 2 fully saturated rings. The minimum atomic E-state index is -0.291. The Morgan fingerprint density at radius 2 is 1.77 bits per heavy atom. The summed E-state index contributed by atoms with van der Waals surface area (Å²) >= 11 is 0. The number of aliphatic hydroxyl groups is 1. The third-order valence-electron chi connectivity index (χ3n) is 5.51. The molecule has 2 saturated heterocycles. The number of ether oxygens (including phenoxy) is 1. The summed E-state index contributed by atoms with van der Waals surface area (Å²) in [5, 5.41) is 10.6. The minimum absolute atomic E-state index is 0.228. The Bertz CT molecular complexity index is 633. The maximum absolute atomic E-state index is 11.3. The van der Waals surface area contributed by atoms with Gasteiger partial charge in [0.05, 0.1) is 6.10 Å². The summed E-state index contributed by atoms with van der Waals surface area (Å²) in [5.41, 5.74) is 3.15. The molecule has 0 saturated carbocycles. The Morgan fingerprint density at radius 1 is 1.15 bits per heavy atom. The number of benzene rings is 1. The zero-order valence-corrected chi connectivity index (χ0v) is 16.4. The quantitative estimate of drug-likeness (QED) is 0.638. The van der Waals surface area contributed by atoms with Gasteiger partial charge in [0.2, 0.25) is 0 Å². The van der Waals surface area contributed by atoms with Crippen LogP contribution in [0.4, 0.5) is 0 Å². The summed E-state index contributed by atoms with van der Waals surface area (Å²) in [5.74, 6) is 0.375. The van der Waals surface area contributed by atoms with E-state index in [0.29, 0.717) is 12.3 Å². The van der Waals surface area contributed by atoms with Crippen LogP contribution in [0.1, 0.15) is 23.6 Å². The first kappa shape index (κ1) is 19.3. The average molecular weight is 361 g/mol. The molecule has 2 aliphatic rings. The Labute approximate surface area is 156 Å². The van der Waals surface area contributed by atoms with Crippen LogP contribution in [0.15, 0.2) is 12.1 Å². The topological polar surface area (TPSA) is 56.2 Å². The van der Waals surface area contributed by atoms with Gasteiger partial charge in [-0.05, 0) is 37.6 Å². The first-order chi connectivity index (χ1) is 12.3. The number of piperazine rings is 1. The van der Waals surface area contributed by atoms with Crippen LogP contribution in [0.2, 0.25) is 0 Å². The second-order valence-electron chi connectivity index (χ2n) is 7.82. The van der Waals surface area contributed by atoms with E-state index in [1.165, 1.54) is 12.5 Å². The predicted octanol–water partition coefficient (Wildman–Crippen LogP) is 1.02. The van der Waals surface area contributed by atoms with E-state index in [1.54, 1.807) is 0 Å². The van der Waals surface area contributed by atoms with Gasteiger partial charge in [-0.25, -0.2) is 0 Å². The van der Waals surface area contributed by atoms with E-state index in [4.69, 9.17) is 4.74 Å². The zero-order valence-electron chi connectivity index (χ0n) is 16.4. The first-order valence-electron chi connectivity index (χ1n) is 9.45. The van der Waals surface area contributed by atoms with E-state index in [9.17, 15) is 9.90 Å². The molecule has 1 aromatic rings. The third kappa shape index (κ3) is 4.43. The van der Waals surface area contributed by atoms with Crippen LogP contribution in [0.25, 0.3) is 0 Å². The van der Waals surface area contributed by atoms with Crippen LogP contribution in [0, 0.1) is 13.8 Å². The van der Waals surface area contributed by atoms with E-state index in [-0.39, 0.29) is 18.1 Å². The Kier molecular flexibility index (Phi) is 5.97. The fraction of sp³-hybridized carbons (Fsp3) is 0.650. The molecule has 6 heteroatoms. The van der Waals surface area contributed by atoms with Gasteiger partial charge in [0.1, 0.15) is 5.75 Å². The standard InChI is InChI=1S/C20H31N3O3/c1-14-9-17(10-15(2)20(14)26-16(3)24)11-22-12-18(19(25)13-22)23-7-5-21(4)6-8-23/h9-10,18-19,25H,5-8,11-13H2,1-4H3/t18-,19-/m1/s1. The molecule has 0 bridgehead atoms. The van der Waals surface area contributed by atoms with Crippen LogP contribution >= 0.6 is 0 Å². The number of carbonyl (C=O) groups is 1. The van der Waals surface area contributed by atoms with Gasteiger partial charge >= 0.3 is 5.97 Å². The first-order valence-corrected chi connectivity index (χ1v) is 9.45. The maximum atomic E-state index is 11.3. The summed E-state index contributed by atoms with van der Waals surface area (Å²) in [6.45, 7) is 12.0. The Hall–Kier alpha value is -1.47. The maximum Gasteiger partial charge on any atom is 0.308 e. The lowest BCUT2D eigenvalue weighted by Crippen LogP contribution is -2.52. The van der Waals surface area contributed by atoms with Crippen LogP contribution in [0.5, 0.6) is 5.75 Å². The molecule has 2 atom stereocenters. The molecule has 0 aromatic heterocycles. The zero-order chi connectivity index (χ0) is 18.8. The number of hydrogen-bond donors (Lipinski definition) is 1. The minimum Gasteiger partial charge on any atom is -0.426 e. The highest BCUT2D eigenvalue weighted by molar-refractivity contribution is 5.70. The number of hydrogen-bond acceptors (Lipinski definition) is 6. The van der Waals surface area contributed by atoms with E-state index < -0.39 is 0 Å². The number of esters is 1. The number of rotatable bonds is 4. The lowest BCUT2D eigenvalue weighted by Gasteiger charge is -2.37. The number of likely N-dealkylation sites (tertiary alicyclic amines) is 1. The number of likely N-dealkylation sites (N-methyl/N-ethyl adjacent to an activating group) is 1. The molecule has 2 aliphatic heterocycles. The van der Waals surface area contributed by atoms with Crippen LogP contribution in [0.3, 0.4) is 0 Å². The van der Waals surface area contributed by atoms with Crippen LogP contribution in [-0.4, -0.2) is 84.2 Å². The molecule has 6 nitrogen and oxygen atoms in total. The SMILES string of the molecule is CC(=O)Oc1c(C)cc(CN2C[C@@H](O)[C@H](N3CCN(C)CC3)C2)cc1C. The molecule has 3 rings (SSSR count). The molecule has 0 amide bonds. The molecule has 144 valence electrons. The highest BCUT2D eigenvalue weighted by Gasteiger charge is 2.36. The molecule has 26 heavy (non-hydrogen) atoms. The van der Waals surface area contributed by atoms with Crippen molar-refractivity contribution in [2.75, 3.05) is 46.3 Å². The van der Waals surface area contributed by atoms with Crippen molar-refractivity contribution in [3.05, 3.63) is 28.8 Å². The number of β-amino-alcohol motifs (C(OH)–C–C–N with tert-alkyl or cyclic N) is 1. The van der Waals surface area contributed by atoms with Gasteiger partial charge < -0.3 is 14.7 Å². The fourth-order valence-corrected chi connectivity index (χ4v) is 4.18. The van der Waals surface area contributed by atoms with E-state index >= 15 is 0 Å². The number of aryl methyl sites for hydroxylation is 2. The Morgan fingerprint density at radius 3 is 2.35 bits per heavy atom. The summed E-state index contributed by atoms with van der Waals surface area (Å²) in [6, 6.07) is 4.40. The van der Waals surface area contributed by atoms with Crippen molar-refractivity contribution < 1.29 is 14.6 Å². The van der Waals surface area contributed by atoms with Gasteiger partial charge in [-0.2, -0.15) is 0 Å². The average Bonchev–Trinajstić information content (AvgIpc) is 2.92. The van der Waals surface area contributed by atoms with E-state index in [0.717, 1.165) is 50.4 Å². The second-order valence-corrected chi connectivity index (χ2v) is 7.82. The van der Waals surface area contributed by atoms with E-state index in [1.807, 2.05) is 13.8 Å². The van der Waals surface area contributed by atoms with Crippen LogP contribution in [-0.2, 0) is 11.3 Å². The van der Waals surface area contributed by atoms with Gasteiger partial charge in [0.25, 0.3) is 0 Å². The predicted molar refractivity (Wildman–Crippen MR) is 101 cm³/mol. The van der Waals surface area contributed by atoms with Crippen molar-refractivity contribution >= 4 is 5.97 Å². The largest absolute Gasteiger partial charge is 0.426 e. The summed E-state index contributed by atoms with van der Waals surface area (Å²) < 4.78 is 5.32. The van der Waals surface area contributed by atoms with Crippen LogP contribution < -0.4 is 4.74 Å². The monoisotopic (exact) mass is 361 g/mol. The highest BCUT2D eigenvalue weighted by Crippen LogP contribution is 2.27. The fourth-order valence-electron chi connectivity index (χ4n) is 4.18. The van der Waals surface area contributed by atoms with Gasteiger partial charge in [0.15, 0.2) is 0 Å². The van der Waals surface area contributed by atoms with Crippen molar-refractivity contribution in [2.45, 2.75) is 39.5 Å². The molecule has 1 N–H and O–H groups in total. The summed E-state index contributed by atoms with van der Waals surface area (Å²) in [7, 11) is 2.15. The summed E-state index contributed by atoms with van der Waals surface area (Å²) in [4.78, 5) is 18.4. The number of aliphatic hydroxyl groups excluding tert-OH is 1. The molecule has 1 aromatic carbocycles. The van der Waals surface area contributed by atoms with Gasteiger partial charge in [-0.1, -0.05) is 12.1 Å². The molecular weight excluding hydrogens is 330 g/mol. The number of nitrogens with zero attached hydrogens (tertiary/aromatic N) is 3. The van der Waals surface area contributed by atoms with Crippen molar-refractivity contribution in [2.24, 2.45) is 0 Å². The smallest absolute Gasteiger partial charge is 0.308 e. The second kappa shape index (κ2) is 8.05. The van der Waals surface area contributed by atoms with Crippen molar-refractivity contribution in [1.82, 2.24) is 14.7 Å². The van der Waals surface area contributed by atoms with Gasteiger partial charge in [-0.3, -0.25) is 14.6 Å². The normalized spacial score (nSPS) is 25.6. The lowest BCUT2D eigenvalue weighted by molar-refractivity contribution is -0.131. The van der Waals surface area contributed by atoms with Gasteiger partial charge in [-0.15, -0.1) is 0 Å². The Balaban J connectivity index is 1.64. The molecule has 0 radical (unpaired) electrons. The molecule has 0 unspecified atom stereocenters. The lowest BCUT2D eigenvalue weighted by atomic mass is 10.1. The molecule has 0 spiro atoms.